The number of nitrogens with one attached hydrogen (secondary N) is 1. The zero-order valence-electron chi connectivity index (χ0n) is 11.2. The van der Waals surface area contributed by atoms with Gasteiger partial charge >= 0.3 is 0 Å². The lowest BCUT2D eigenvalue weighted by atomic mass is 9.89. The molecule has 0 aromatic carbocycles. The molecule has 0 heterocycles. The molecule has 0 radical (unpaired) electrons. The fourth-order valence-electron chi connectivity index (χ4n) is 2.56. The highest BCUT2D eigenvalue weighted by molar-refractivity contribution is 4.97. The number of aliphatic hydroxyl groups is 1. The molecule has 2 saturated carbocycles. The van der Waals surface area contributed by atoms with E-state index in [1.54, 1.807) is 0 Å². The molecule has 2 fully saturated rings. The van der Waals surface area contributed by atoms with Crippen LogP contribution in [0, 0.1) is 5.92 Å². The Kier molecular flexibility index (Phi) is 4.45. The molecule has 100 valence electrons. The van der Waals surface area contributed by atoms with Crippen LogP contribution in [0.2, 0.25) is 0 Å². The number of hydrogen-bond acceptors (Lipinski definition) is 3. The predicted octanol–water partition coefficient (Wildman–Crippen LogP) is 2.08. The Balaban J connectivity index is 1.57. The van der Waals surface area contributed by atoms with Gasteiger partial charge in [0.25, 0.3) is 0 Å². The van der Waals surface area contributed by atoms with Crippen LogP contribution >= 0.6 is 0 Å². The zero-order valence-corrected chi connectivity index (χ0v) is 11.2. The molecule has 17 heavy (non-hydrogen) atoms. The standard InChI is InChI=1S/C14H27NO2/c1-11-4-3-5-13(8-11)17-10-12(16)9-15-14(2)6-7-14/h11-13,15-16H,3-10H2,1-2H3. The quantitative estimate of drug-likeness (QED) is 0.748. The summed E-state index contributed by atoms with van der Waals surface area (Å²) in [5.74, 6) is 0.786. The topological polar surface area (TPSA) is 41.5 Å². The average Bonchev–Trinajstić information content (AvgIpc) is 3.03. The minimum absolute atomic E-state index is 0.306. The van der Waals surface area contributed by atoms with Gasteiger partial charge in [0.2, 0.25) is 0 Å². The van der Waals surface area contributed by atoms with Crippen LogP contribution in [0.25, 0.3) is 0 Å². The van der Waals surface area contributed by atoms with E-state index in [0.29, 0.717) is 24.8 Å². The summed E-state index contributed by atoms with van der Waals surface area (Å²) in [7, 11) is 0. The Morgan fingerprint density at radius 2 is 2.18 bits per heavy atom. The van der Waals surface area contributed by atoms with Gasteiger partial charge < -0.3 is 15.2 Å². The Morgan fingerprint density at radius 1 is 1.41 bits per heavy atom. The van der Waals surface area contributed by atoms with Gasteiger partial charge in [-0.2, -0.15) is 0 Å². The van der Waals surface area contributed by atoms with E-state index < -0.39 is 0 Å². The number of hydrogen-bond donors (Lipinski definition) is 2. The monoisotopic (exact) mass is 241 g/mol. The van der Waals surface area contributed by atoms with Gasteiger partial charge in [-0.1, -0.05) is 19.8 Å². The van der Waals surface area contributed by atoms with Gasteiger partial charge in [0.05, 0.1) is 18.8 Å². The van der Waals surface area contributed by atoms with Crippen molar-refractivity contribution in [3.05, 3.63) is 0 Å². The highest BCUT2D eigenvalue weighted by atomic mass is 16.5. The summed E-state index contributed by atoms with van der Waals surface area (Å²) in [5, 5.41) is 13.2. The molecule has 2 aliphatic carbocycles. The molecular weight excluding hydrogens is 214 g/mol. The van der Waals surface area contributed by atoms with Crippen molar-refractivity contribution >= 4 is 0 Å². The lowest BCUT2D eigenvalue weighted by molar-refractivity contribution is -0.0312. The molecule has 2 N–H and O–H groups in total. The van der Waals surface area contributed by atoms with Gasteiger partial charge in [-0.15, -0.1) is 0 Å². The highest BCUT2D eigenvalue weighted by Crippen LogP contribution is 2.34. The summed E-state index contributed by atoms with van der Waals surface area (Å²) in [5.41, 5.74) is 0.306. The maximum atomic E-state index is 9.85. The number of aliphatic hydroxyl groups excluding tert-OH is 1. The first-order valence-corrected chi connectivity index (χ1v) is 7.12. The van der Waals surface area contributed by atoms with Crippen molar-refractivity contribution in [1.82, 2.24) is 5.32 Å². The molecule has 0 bridgehead atoms. The number of β-amino-alcohol motifs (C(OH)–C–C–N with tert-alkyl or cyclic N) is 1. The van der Waals surface area contributed by atoms with Crippen LogP contribution in [0.4, 0.5) is 0 Å². The normalized spacial score (nSPS) is 33.4. The molecular formula is C14H27NO2. The zero-order chi connectivity index (χ0) is 12.3. The Morgan fingerprint density at radius 3 is 2.82 bits per heavy atom. The van der Waals surface area contributed by atoms with Crippen molar-refractivity contribution in [2.24, 2.45) is 5.92 Å². The van der Waals surface area contributed by atoms with Crippen LogP contribution in [-0.4, -0.2) is 36.0 Å². The molecule has 3 unspecified atom stereocenters. The second-order valence-electron chi connectivity index (χ2n) is 6.32. The molecule has 2 rings (SSSR count). The van der Waals surface area contributed by atoms with Crippen LogP contribution in [-0.2, 0) is 4.74 Å². The Bertz CT molecular complexity index is 240. The van der Waals surface area contributed by atoms with Crippen molar-refractivity contribution in [2.45, 2.75) is 70.1 Å². The van der Waals surface area contributed by atoms with Crippen molar-refractivity contribution in [3.8, 4) is 0 Å². The Labute approximate surface area is 105 Å². The first kappa shape index (κ1) is 13.3. The first-order chi connectivity index (χ1) is 8.07. The van der Waals surface area contributed by atoms with E-state index in [1.165, 1.54) is 32.1 Å². The van der Waals surface area contributed by atoms with Crippen LogP contribution in [0.15, 0.2) is 0 Å². The fraction of sp³-hybridized carbons (Fsp3) is 1.00. The lowest BCUT2D eigenvalue weighted by Crippen LogP contribution is -2.38. The maximum absolute atomic E-state index is 9.85. The van der Waals surface area contributed by atoms with Crippen LogP contribution in [0.5, 0.6) is 0 Å². The van der Waals surface area contributed by atoms with Crippen LogP contribution in [0.1, 0.15) is 52.4 Å². The Hall–Kier alpha value is -0.120. The van der Waals surface area contributed by atoms with E-state index in [-0.39, 0.29) is 6.10 Å². The third-order valence-corrected chi connectivity index (χ3v) is 4.18. The number of rotatable bonds is 6. The molecule has 0 aromatic heterocycles. The summed E-state index contributed by atoms with van der Waals surface area (Å²) in [6.07, 6.45) is 7.44. The molecule has 0 spiro atoms. The molecule has 2 aliphatic rings. The maximum Gasteiger partial charge on any atom is 0.0898 e. The third kappa shape index (κ3) is 4.57. The summed E-state index contributed by atoms with van der Waals surface area (Å²) < 4.78 is 5.81. The van der Waals surface area contributed by atoms with Gasteiger partial charge in [0.1, 0.15) is 0 Å². The smallest absolute Gasteiger partial charge is 0.0898 e. The van der Waals surface area contributed by atoms with Gasteiger partial charge in [0.15, 0.2) is 0 Å². The SMILES string of the molecule is CC1CCCC(OCC(O)CNC2(C)CC2)C1. The summed E-state index contributed by atoms with van der Waals surface area (Å²) in [6, 6.07) is 0. The largest absolute Gasteiger partial charge is 0.389 e. The minimum Gasteiger partial charge on any atom is -0.389 e. The molecule has 0 aliphatic heterocycles. The lowest BCUT2D eigenvalue weighted by Gasteiger charge is -2.27. The van der Waals surface area contributed by atoms with Crippen molar-refractivity contribution < 1.29 is 9.84 Å². The minimum atomic E-state index is -0.357. The number of ether oxygens (including phenoxy) is 1. The van der Waals surface area contributed by atoms with Crippen molar-refractivity contribution in [2.75, 3.05) is 13.2 Å². The summed E-state index contributed by atoms with van der Waals surface area (Å²) >= 11 is 0. The van der Waals surface area contributed by atoms with E-state index >= 15 is 0 Å². The van der Waals surface area contributed by atoms with Gasteiger partial charge in [-0.05, 0) is 38.5 Å². The second kappa shape index (κ2) is 5.68. The van der Waals surface area contributed by atoms with Gasteiger partial charge in [-0.25, -0.2) is 0 Å². The van der Waals surface area contributed by atoms with Crippen molar-refractivity contribution in [1.29, 1.82) is 0 Å². The average molecular weight is 241 g/mol. The third-order valence-electron chi connectivity index (χ3n) is 4.18. The summed E-state index contributed by atoms with van der Waals surface area (Å²) in [6.45, 7) is 5.66. The predicted molar refractivity (Wildman–Crippen MR) is 69.0 cm³/mol. The molecule has 0 amide bonds. The van der Waals surface area contributed by atoms with E-state index in [0.717, 1.165) is 12.3 Å². The van der Waals surface area contributed by atoms with Crippen LogP contribution < -0.4 is 5.32 Å². The molecule has 0 saturated heterocycles. The molecule has 3 atom stereocenters. The van der Waals surface area contributed by atoms with E-state index in [4.69, 9.17) is 4.74 Å². The molecule has 3 nitrogen and oxygen atoms in total. The van der Waals surface area contributed by atoms with E-state index in [1.807, 2.05) is 0 Å². The summed E-state index contributed by atoms with van der Waals surface area (Å²) in [4.78, 5) is 0. The second-order valence-corrected chi connectivity index (χ2v) is 6.32. The van der Waals surface area contributed by atoms with E-state index in [2.05, 4.69) is 19.2 Å². The first-order valence-electron chi connectivity index (χ1n) is 7.12. The van der Waals surface area contributed by atoms with Crippen molar-refractivity contribution in [3.63, 3.8) is 0 Å². The fourth-order valence-corrected chi connectivity index (χ4v) is 2.56. The molecule has 0 aromatic rings. The van der Waals surface area contributed by atoms with Crippen LogP contribution in [0.3, 0.4) is 0 Å². The molecule has 3 heteroatoms. The van der Waals surface area contributed by atoms with E-state index in [9.17, 15) is 5.11 Å². The highest BCUT2D eigenvalue weighted by Gasteiger charge is 2.36. The van der Waals surface area contributed by atoms with Gasteiger partial charge in [0, 0.05) is 12.1 Å². The van der Waals surface area contributed by atoms with Gasteiger partial charge in [-0.3, -0.25) is 0 Å².